The van der Waals surface area contributed by atoms with Crippen molar-refractivity contribution < 1.29 is 0 Å². The van der Waals surface area contributed by atoms with Crippen LogP contribution in [0, 0.1) is 3.57 Å². The molecule has 2 heteroatoms. The first kappa shape index (κ1) is 11.4. The smallest absolute Gasteiger partial charge is 0.0144 e. The van der Waals surface area contributed by atoms with Crippen molar-refractivity contribution in [3.8, 4) is 0 Å². The maximum absolute atomic E-state index is 2.38. The highest BCUT2D eigenvalue weighted by Gasteiger charge is 2.14. The van der Waals surface area contributed by atoms with Crippen LogP contribution in [-0.4, -0.2) is 6.26 Å². The fourth-order valence-corrected chi connectivity index (χ4v) is 2.49. The summed E-state index contributed by atoms with van der Waals surface area (Å²) in [4.78, 5) is 1.36. The molecule has 0 radical (unpaired) electrons. The van der Waals surface area contributed by atoms with Crippen LogP contribution < -0.4 is 0 Å². The summed E-state index contributed by atoms with van der Waals surface area (Å²) in [6.45, 7) is 6.76. The molecule has 0 bridgehead atoms. The zero-order valence-electron chi connectivity index (χ0n) is 8.52. The summed E-state index contributed by atoms with van der Waals surface area (Å²) in [7, 11) is 0. The molecule has 0 fully saturated rings. The topological polar surface area (TPSA) is 0 Å². The van der Waals surface area contributed by atoms with Gasteiger partial charge in [-0.2, -0.15) is 0 Å². The second-order valence-corrected chi connectivity index (χ2v) is 6.26. The molecule has 1 rings (SSSR count). The lowest BCUT2D eigenvalue weighted by Gasteiger charge is -2.20. The standard InChI is InChI=1S/C11H15IS/c1-11(2,3)8-5-9(12)7-10(6-8)13-4/h5-7H,1-4H3. The number of hydrogen-bond acceptors (Lipinski definition) is 1. The molecule has 0 N–H and O–H groups in total. The minimum atomic E-state index is 0.256. The summed E-state index contributed by atoms with van der Waals surface area (Å²) in [5.41, 5.74) is 1.68. The van der Waals surface area contributed by atoms with Crippen LogP contribution in [0.15, 0.2) is 23.1 Å². The molecule has 72 valence electrons. The third kappa shape index (κ3) is 3.17. The van der Waals surface area contributed by atoms with Crippen molar-refractivity contribution in [2.45, 2.75) is 31.1 Å². The summed E-state index contributed by atoms with van der Waals surface area (Å²) in [5, 5.41) is 0. The van der Waals surface area contributed by atoms with E-state index in [1.54, 1.807) is 0 Å². The zero-order valence-corrected chi connectivity index (χ0v) is 11.5. The molecule has 0 atom stereocenters. The second-order valence-electron chi connectivity index (χ2n) is 4.13. The lowest BCUT2D eigenvalue weighted by atomic mass is 9.87. The zero-order chi connectivity index (χ0) is 10.1. The molecule has 1 aromatic rings. The lowest BCUT2D eigenvalue weighted by molar-refractivity contribution is 0.588. The van der Waals surface area contributed by atoms with Crippen molar-refractivity contribution in [3.63, 3.8) is 0 Å². The Labute approximate surface area is 98.6 Å². The third-order valence-electron chi connectivity index (χ3n) is 1.97. The minimum Gasteiger partial charge on any atom is -0.130 e. The maximum Gasteiger partial charge on any atom is 0.0144 e. The van der Waals surface area contributed by atoms with E-state index in [-0.39, 0.29) is 5.41 Å². The van der Waals surface area contributed by atoms with E-state index in [1.807, 2.05) is 11.8 Å². The van der Waals surface area contributed by atoms with Gasteiger partial charge in [-0.3, -0.25) is 0 Å². The number of rotatable bonds is 1. The SMILES string of the molecule is CSc1cc(I)cc(C(C)(C)C)c1. The van der Waals surface area contributed by atoms with Crippen LogP contribution in [0.1, 0.15) is 26.3 Å². The van der Waals surface area contributed by atoms with Gasteiger partial charge in [0.05, 0.1) is 0 Å². The first-order valence-electron chi connectivity index (χ1n) is 4.28. The molecule has 0 aliphatic heterocycles. The summed E-state index contributed by atoms with van der Waals surface area (Å²) >= 11 is 4.19. The molecule has 13 heavy (non-hydrogen) atoms. The van der Waals surface area contributed by atoms with Crippen LogP contribution in [0.4, 0.5) is 0 Å². The Hall–Kier alpha value is 0.300. The van der Waals surface area contributed by atoms with Gasteiger partial charge in [0.15, 0.2) is 0 Å². The number of thioether (sulfide) groups is 1. The third-order valence-corrected chi connectivity index (χ3v) is 3.30. The normalized spacial score (nSPS) is 11.8. The monoisotopic (exact) mass is 306 g/mol. The molecule has 0 spiro atoms. The van der Waals surface area contributed by atoms with E-state index in [4.69, 9.17) is 0 Å². The second kappa shape index (κ2) is 4.22. The van der Waals surface area contributed by atoms with Crippen molar-refractivity contribution in [2.24, 2.45) is 0 Å². The van der Waals surface area contributed by atoms with E-state index in [9.17, 15) is 0 Å². The fraction of sp³-hybridized carbons (Fsp3) is 0.455. The first-order valence-corrected chi connectivity index (χ1v) is 6.59. The number of halogens is 1. The van der Waals surface area contributed by atoms with Crippen molar-refractivity contribution in [2.75, 3.05) is 6.26 Å². The maximum atomic E-state index is 2.38. The molecule has 0 aromatic heterocycles. The molecular weight excluding hydrogens is 291 g/mol. The highest BCUT2D eigenvalue weighted by atomic mass is 127. The van der Waals surface area contributed by atoms with Crippen LogP contribution in [-0.2, 0) is 5.41 Å². The van der Waals surface area contributed by atoms with Gasteiger partial charge in [-0.1, -0.05) is 20.8 Å². The van der Waals surface area contributed by atoms with E-state index in [0.29, 0.717) is 0 Å². The van der Waals surface area contributed by atoms with Crippen LogP contribution in [0.2, 0.25) is 0 Å². The van der Waals surface area contributed by atoms with Gasteiger partial charge in [0.25, 0.3) is 0 Å². The van der Waals surface area contributed by atoms with E-state index < -0.39 is 0 Å². The van der Waals surface area contributed by atoms with Gasteiger partial charge in [0.2, 0.25) is 0 Å². The van der Waals surface area contributed by atoms with Crippen molar-refractivity contribution in [3.05, 3.63) is 27.3 Å². The Kier molecular flexibility index (Phi) is 3.69. The molecule has 1 aromatic carbocycles. The highest BCUT2D eigenvalue weighted by Crippen LogP contribution is 2.28. The predicted octanol–water partition coefficient (Wildman–Crippen LogP) is 4.31. The Bertz CT molecular complexity index is 299. The predicted molar refractivity (Wildman–Crippen MR) is 69.6 cm³/mol. The van der Waals surface area contributed by atoms with Gasteiger partial charge in [-0.25, -0.2) is 0 Å². The van der Waals surface area contributed by atoms with Crippen molar-refractivity contribution >= 4 is 34.4 Å². The Morgan fingerprint density at radius 3 is 2.23 bits per heavy atom. The Balaban J connectivity index is 3.16. The van der Waals surface area contributed by atoms with Crippen molar-refractivity contribution in [1.82, 2.24) is 0 Å². The van der Waals surface area contributed by atoms with Gasteiger partial charge in [-0.05, 0) is 58.0 Å². The fourth-order valence-electron chi connectivity index (χ4n) is 1.11. The summed E-state index contributed by atoms with van der Waals surface area (Å²) in [6, 6.07) is 6.77. The molecular formula is C11H15IS. The molecule has 0 heterocycles. The summed E-state index contributed by atoms with van der Waals surface area (Å²) in [6.07, 6.45) is 2.12. The summed E-state index contributed by atoms with van der Waals surface area (Å²) in [5.74, 6) is 0. The molecule has 0 aliphatic carbocycles. The molecule has 0 saturated carbocycles. The van der Waals surface area contributed by atoms with E-state index in [1.165, 1.54) is 14.0 Å². The first-order chi connectivity index (χ1) is 5.93. The van der Waals surface area contributed by atoms with Gasteiger partial charge < -0.3 is 0 Å². The van der Waals surface area contributed by atoms with Crippen LogP contribution in [0.25, 0.3) is 0 Å². The van der Waals surface area contributed by atoms with E-state index in [2.05, 4.69) is 67.8 Å². The Morgan fingerprint density at radius 2 is 1.77 bits per heavy atom. The van der Waals surface area contributed by atoms with Gasteiger partial charge >= 0.3 is 0 Å². The highest BCUT2D eigenvalue weighted by molar-refractivity contribution is 14.1. The van der Waals surface area contributed by atoms with Gasteiger partial charge in [0.1, 0.15) is 0 Å². The molecule has 0 amide bonds. The van der Waals surface area contributed by atoms with E-state index >= 15 is 0 Å². The van der Waals surface area contributed by atoms with E-state index in [0.717, 1.165) is 0 Å². The Morgan fingerprint density at radius 1 is 1.15 bits per heavy atom. The van der Waals surface area contributed by atoms with Crippen LogP contribution in [0.5, 0.6) is 0 Å². The molecule has 0 unspecified atom stereocenters. The average Bonchev–Trinajstić information content (AvgIpc) is 2.01. The minimum absolute atomic E-state index is 0.256. The number of benzene rings is 1. The van der Waals surface area contributed by atoms with Gasteiger partial charge in [-0.15, -0.1) is 11.8 Å². The van der Waals surface area contributed by atoms with Crippen LogP contribution >= 0.6 is 34.4 Å². The molecule has 0 aliphatic rings. The van der Waals surface area contributed by atoms with Crippen molar-refractivity contribution in [1.29, 1.82) is 0 Å². The van der Waals surface area contributed by atoms with Gasteiger partial charge in [0, 0.05) is 8.47 Å². The molecule has 0 saturated heterocycles. The average molecular weight is 306 g/mol. The number of hydrogen-bond donors (Lipinski definition) is 0. The lowest BCUT2D eigenvalue weighted by Crippen LogP contribution is -2.11. The molecule has 0 nitrogen and oxygen atoms in total. The largest absolute Gasteiger partial charge is 0.130 e. The summed E-state index contributed by atoms with van der Waals surface area (Å²) < 4.78 is 1.33. The quantitative estimate of drug-likeness (QED) is 0.550. The van der Waals surface area contributed by atoms with Crippen LogP contribution in [0.3, 0.4) is 0 Å².